The van der Waals surface area contributed by atoms with E-state index in [1.54, 1.807) is 11.8 Å². The van der Waals surface area contributed by atoms with Crippen molar-refractivity contribution in [3.8, 4) is 0 Å². The monoisotopic (exact) mass is 215 g/mol. The lowest BCUT2D eigenvalue weighted by Gasteiger charge is -2.03. The molecule has 3 nitrogen and oxygen atoms in total. The van der Waals surface area contributed by atoms with Crippen LogP contribution < -0.4 is 5.32 Å². The van der Waals surface area contributed by atoms with Crippen molar-refractivity contribution < 1.29 is 0 Å². The summed E-state index contributed by atoms with van der Waals surface area (Å²) in [6, 6.07) is 0.439. The first-order chi connectivity index (χ1) is 6.20. The number of hydrogen-bond donors (Lipinski definition) is 1. The Bertz CT molecular complexity index is 342. The number of hydrogen-bond acceptors (Lipinski definition) is 4. The van der Waals surface area contributed by atoms with Crippen LogP contribution in [0.2, 0.25) is 5.28 Å². The molecular formula is C8H10ClN3S. The van der Waals surface area contributed by atoms with E-state index in [2.05, 4.69) is 22.2 Å². The minimum absolute atomic E-state index is 0.324. The maximum atomic E-state index is 5.78. The van der Waals surface area contributed by atoms with Gasteiger partial charge in [0.15, 0.2) is 0 Å². The molecule has 0 amide bonds. The Kier molecular flexibility index (Phi) is 2.34. The van der Waals surface area contributed by atoms with Gasteiger partial charge in [0.25, 0.3) is 0 Å². The Hall–Kier alpha value is -0.480. The highest BCUT2D eigenvalue weighted by molar-refractivity contribution is 7.98. The number of aromatic nitrogens is 2. The van der Waals surface area contributed by atoms with Crippen LogP contribution in [0.3, 0.4) is 0 Å². The molecule has 1 aliphatic heterocycles. The van der Waals surface area contributed by atoms with Gasteiger partial charge in [0, 0.05) is 11.6 Å². The van der Waals surface area contributed by atoms with Crippen LogP contribution in [0.1, 0.15) is 12.5 Å². The fourth-order valence-corrected chi connectivity index (χ4v) is 2.32. The predicted molar refractivity (Wildman–Crippen MR) is 55.6 cm³/mol. The van der Waals surface area contributed by atoms with Crippen LogP contribution in [0.25, 0.3) is 0 Å². The Morgan fingerprint density at radius 3 is 3.00 bits per heavy atom. The molecule has 5 heteroatoms. The van der Waals surface area contributed by atoms with Crippen LogP contribution in [0, 0.1) is 0 Å². The van der Waals surface area contributed by atoms with Crippen LogP contribution in [0.15, 0.2) is 5.03 Å². The van der Waals surface area contributed by atoms with Crippen molar-refractivity contribution in [2.24, 2.45) is 0 Å². The molecule has 70 valence electrons. The molecule has 13 heavy (non-hydrogen) atoms. The van der Waals surface area contributed by atoms with Crippen LogP contribution in [0.4, 0.5) is 5.82 Å². The molecule has 1 aliphatic rings. The van der Waals surface area contributed by atoms with E-state index in [9.17, 15) is 0 Å². The summed E-state index contributed by atoms with van der Waals surface area (Å²) in [5, 5.41) is 4.58. The van der Waals surface area contributed by atoms with Crippen LogP contribution in [-0.2, 0) is 6.42 Å². The maximum Gasteiger partial charge on any atom is 0.225 e. The van der Waals surface area contributed by atoms with Gasteiger partial charge >= 0.3 is 0 Å². The standard InChI is InChI=1S/C8H10ClN3S/c1-4-3-5-6(10-4)11-8(9)12-7(5)13-2/h4H,3H2,1-2H3,(H,10,11,12)/t4-/m0/s1. The normalized spacial score (nSPS) is 19.8. The summed E-state index contributed by atoms with van der Waals surface area (Å²) in [5.41, 5.74) is 1.20. The van der Waals surface area contributed by atoms with E-state index in [0.29, 0.717) is 11.3 Å². The first kappa shape index (κ1) is 9.09. The van der Waals surface area contributed by atoms with Gasteiger partial charge < -0.3 is 5.32 Å². The van der Waals surface area contributed by atoms with E-state index in [1.165, 1.54) is 5.56 Å². The highest BCUT2D eigenvalue weighted by atomic mass is 35.5. The van der Waals surface area contributed by atoms with Crippen molar-refractivity contribution in [3.63, 3.8) is 0 Å². The van der Waals surface area contributed by atoms with Gasteiger partial charge in [0.1, 0.15) is 10.8 Å². The number of nitrogens with zero attached hydrogens (tertiary/aromatic N) is 2. The van der Waals surface area contributed by atoms with Gasteiger partial charge in [-0.3, -0.25) is 0 Å². The number of nitrogens with one attached hydrogen (secondary N) is 1. The van der Waals surface area contributed by atoms with Gasteiger partial charge in [-0.25, -0.2) is 9.97 Å². The summed E-state index contributed by atoms with van der Waals surface area (Å²) in [5.74, 6) is 0.900. The molecule has 0 unspecified atom stereocenters. The summed E-state index contributed by atoms with van der Waals surface area (Å²) in [4.78, 5) is 8.32. The van der Waals surface area contributed by atoms with Crippen LogP contribution in [0.5, 0.6) is 0 Å². The first-order valence-corrected chi connectivity index (χ1v) is 5.68. The fourth-order valence-electron chi connectivity index (χ4n) is 1.50. The van der Waals surface area contributed by atoms with Crippen molar-refractivity contribution in [1.82, 2.24) is 9.97 Å². The molecule has 0 bridgehead atoms. The highest BCUT2D eigenvalue weighted by Crippen LogP contribution is 2.31. The molecule has 2 rings (SSSR count). The largest absolute Gasteiger partial charge is 0.367 e. The molecule has 1 N–H and O–H groups in total. The highest BCUT2D eigenvalue weighted by Gasteiger charge is 2.22. The molecular weight excluding hydrogens is 206 g/mol. The molecule has 1 aromatic heterocycles. The zero-order valence-corrected chi connectivity index (χ0v) is 9.04. The predicted octanol–water partition coefficient (Wildman–Crippen LogP) is 2.21. The summed E-state index contributed by atoms with van der Waals surface area (Å²) in [6.07, 6.45) is 2.99. The zero-order valence-electron chi connectivity index (χ0n) is 7.47. The smallest absolute Gasteiger partial charge is 0.225 e. The summed E-state index contributed by atoms with van der Waals surface area (Å²) in [6.45, 7) is 2.12. The number of fused-ring (bicyclic) bond motifs is 1. The average molecular weight is 216 g/mol. The third-order valence-electron chi connectivity index (χ3n) is 2.03. The minimum atomic E-state index is 0.324. The van der Waals surface area contributed by atoms with E-state index in [-0.39, 0.29) is 0 Å². The van der Waals surface area contributed by atoms with Crippen LogP contribution in [-0.4, -0.2) is 22.3 Å². The summed E-state index contributed by atoms with van der Waals surface area (Å²) < 4.78 is 0. The molecule has 0 saturated carbocycles. The van der Waals surface area contributed by atoms with Gasteiger partial charge in [0.05, 0.1) is 0 Å². The Labute approximate surface area is 86.3 Å². The first-order valence-electron chi connectivity index (χ1n) is 4.07. The zero-order chi connectivity index (χ0) is 9.42. The molecule has 0 aromatic carbocycles. The molecule has 0 aliphatic carbocycles. The third-order valence-corrected chi connectivity index (χ3v) is 2.92. The number of anilines is 1. The lowest BCUT2D eigenvalue weighted by molar-refractivity contribution is 0.825. The second kappa shape index (κ2) is 3.35. The van der Waals surface area contributed by atoms with Crippen molar-refractivity contribution in [2.75, 3.05) is 11.6 Å². The third kappa shape index (κ3) is 1.60. The van der Waals surface area contributed by atoms with Crippen molar-refractivity contribution in [1.29, 1.82) is 0 Å². The lowest BCUT2D eigenvalue weighted by Crippen LogP contribution is -2.08. The SMILES string of the molecule is CSc1nc(Cl)nc2c1C[C@H](C)N2. The van der Waals surface area contributed by atoms with Crippen LogP contribution >= 0.6 is 23.4 Å². The Balaban J connectivity index is 2.50. The summed E-state index contributed by atoms with van der Waals surface area (Å²) >= 11 is 7.39. The van der Waals surface area contributed by atoms with Gasteiger partial charge in [-0.1, -0.05) is 0 Å². The Morgan fingerprint density at radius 2 is 2.31 bits per heavy atom. The molecule has 0 spiro atoms. The number of thioether (sulfide) groups is 1. The number of halogens is 1. The topological polar surface area (TPSA) is 37.8 Å². The fraction of sp³-hybridized carbons (Fsp3) is 0.500. The van der Waals surface area contributed by atoms with Gasteiger partial charge in [0.2, 0.25) is 5.28 Å². The van der Waals surface area contributed by atoms with E-state index in [4.69, 9.17) is 11.6 Å². The molecule has 1 aromatic rings. The van der Waals surface area contributed by atoms with E-state index in [0.717, 1.165) is 17.3 Å². The average Bonchev–Trinajstić information content (AvgIpc) is 2.43. The molecule has 2 heterocycles. The minimum Gasteiger partial charge on any atom is -0.367 e. The maximum absolute atomic E-state index is 5.78. The quantitative estimate of drug-likeness (QED) is 0.443. The molecule has 0 radical (unpaired) electrons. The molecule has 0 saturated heterocycles. The molecule has 0 fully saturated rings. The van der Waals surface area contributed by atoms with Crippen molar-refractivity contribution in [3.05, 3.63) is 10.8 Å². The lowest BCUT2D eigenvalue weighted by atomic mass is 10.2. The van der Waals surface area contributed by atoms with E-state index < -0.39 is 0 Å². The van der Waals surface area contributed by atoms with Crippen molar-refractivity contribution in [2.45, 2.75) is 24.4 Å². The Morgan fingerprint density at radius 1 is 1.54 bits per heavy atom. The van der Waals surface area contributed by atoms with Gasteiger partial charge in [-0.2, -0.15) is 0 Å². The van der Waals surface area contributed by atoms with Gasteiger partial charge in [-0.05, 0) is 31.2 Å². The van der Waals surface area contributed by atoms with Gasteiger partial charge in [-0.15, -0.1) is 11.8 Å². The van der Waals surface area contributed by atoms with E-state index >= 15 is 0 Å². The summed E-state index contributed by atoms with van der Waals surface area (Å²) in [7, 11) is 0. The number of rotatable bonds is 1. The molecule has 1 atom stereocenters. The van der Waals surface area contributed by atoms with E-state index in [1.807, 2.05) is 6.26 Å². The van der Waals surface area contributed by atoms with Crippen molar-refractivity contribution >= 4 is 29.2 Å². The second-order valence-electron chi connectivity index (χ2n) is 3.08. The second-order valence-corrected chi connectivity index (χ2v) is 4.21.